The van der Waals surface area contributed by atoms with Crippen LogP contribution in [-0.2, 0) is 4.79 Å². The number of imidazole rings is 1. The molecule has 4 rings (SSSR count). The number of amides is 1. The van der Waals surface area contributed by atoms with Crippen molar-refractivity contribution in [2.24, 2.45) is 0 Å². The molecule has 1 aromatic carbocycles. The third-order valence-electron chi connectivity index (χ3n) is 4.49. The first kappa shape index (κ1) is 22.8. The molecule has 2 aromatic heterocycles. The summed E-state index contributed by atoms with van der Waals surface area (Å²) < 4.78 is 6.00. The number of anilines is 2. The number of benzene rings is 1. The molecule has 166 valence electrons. The van der Waals surface area contributed by atoms with Crippen molar-refractivity contribution in [3.63, 3.8) is 0 Å². The number of hydrogen-bond acceptors (Lipinski definition) is 8. The molecule has 0 unspecified atom stereocenters. The van der Waals surface area contributed by atoms with E-state index in [1.54, 1.807) is 36.1 Å². The Bertz CT molecular complexity index is 1080. The molecule has 12 heteroatoms. The fraction of sp³-hybridized carbons (Fsp3) is 0.368. The zero-order valence-electron chi connectivity index (χ0n) is 17.0. The first-order valence-corrected chi connectivity index (χ1v) is 10.5. The van der Waals surface area contributed by atoms with Crippen LogP contribution in [-0.4, -0.2) is 75.2 Å². The number of carbonyl (C=O) groups is 1. The maximum Gasteiger partial charge on any atom is 0.260 e. The number of nitrogens with two attached hydrogens (primary N) is 1. The lowest BCUT2D eigenvalue weighted by atomic mass is 10.3. The van der Waals surface area contributed by atoms with E-state index < -0.39 is 0 Å². The standard InChI is InChI=1S/C17H18ClN7O2S.C2H6O/c18-10-1-3-11(4-2-10)27-9-12(26)24-5-7-25(8-6-24)15-13-14(21-16(19)23-15)22-17(28)20-13;1-2-3/h1-4H,5-9H2,(H4,19,20,21,22,23,28);3H,2H2,1H3. The van der Waals surface area contributed by atoms with Crippen LogP contribution in [0, 0.1) is 4.77 Å². The molecular formula is C19H24ClN7O3S. The van der Waals surface area contributed by atoms with E-state index in [0.717, 1.165) is 0 Å². The number of rotatable bonds is 4. The van der Waals surface area contributed by atoms with Crippen molar-refractivity contribution in [2.75, 3.05) is 50.0 Å². The summed E-state index contributed by atoms with van der Waals surface area (Å²) in [6.07, 6.45) is 0. The van der Waals surface area contributed by atoms with E-state index in [9.17, 15) is 4.79 Å². The molecule has 5 N–H and O–H groups in total. The van der Waals surface area contributed by atoms with Crippen LogP contribution in [0.1, 0.15) is 6.92 Å². The number of ether oxygens (including phenoxy) is 1. The molecule has 3 heterocycles. The van der Waals surface area contributed by atoms with Gasteiger partial charge in [-0.25, -0.2) is 0 Å². The number of piperazine rings is 1. The van der Waals surface area contributed by atoms with Crippen LogP contribution in [0.2, 0.25) is 5.02 Å². The zero-order chi connectivity index (χ0) is 22.4. The SMILES string of the molecule is CCO.Nc1nc(N2CCN(C(=O)COc3ccc(Cl)cc3)CC2)c2[nH]c(=S)[nH]c2n1. The molecule has 1 aliphatic rings. The monoisotopic (exact) mass is 465 g/mol. The Balaban J connectivity index is 0.000000858. The Hall–Kier alpha value is -2.89. The molecule has 10 nitrogen and oxygen atoms in total. The van der Waals surface area contributed by atoms with Gasteiger partial charge >= 0.3 is 0 Å². The van der Waals surface area contributed by atoms with Crippen molar-refractivity contribution < 1.29 is 14.6 Å². The summed E-state index contributed by atoms with van der Waals surface area (Å²) in [6.45, 7) is 4.25. The highest BCUT2D eigenvalue weighted by molar-refractivity contribution is 7.71. The Labute approximate surface area is 189 Å². The van der Waals surface area contributed by atoms with E-state index in [1.807, 2.05) is 0 Å². The van der Waals surface area contributed by atoms with E-state index in [1.165, 1.54) is 0 Å². The zero-order valence-corrected chi connectivity index (χ0v) is 18.5. The second-order valence-corrected chi connectivity index (χ2v) is 7.48. The van der Waals surface area contributed by atoms with Crippen molar-refractivity contribution in [1.82, 2.24) is 24.8 Å². The first-order chi connectivity index (χ1) is 14.9. The largest absolute Gasteiger partial charge is 0.484 e. The molecule has 1 amide bonds. The average molecular weight is 466 g/mol. The number of aliphatic hydroxyl groups excluding tert-OH is 1. The molecule has 0 atom stereocenters. The second-order valence-electron chi connectivity index (χ2n) is 6.63. The number of fused-ring (bicyclic) bond motifs is 1. The van der Waals surface area contributed by atoms with Crippen LogP contribution in [0.25, 0.3) is 11.2 Å². The lowest BCUT2D eigenvalue weighted by molar-refractivity contribution is -0.133. The fourth-order valence-corrected chi connectivity index (χ4v) is 3.41. The van der Waals surface area contributed by atoms with Gasteiger partial charge in [-0.15, -0.1) is 0 Å². The number of aliphatic hydroxyl groups is 1. The van der Waals surface area contributed by atoms with E-state index in [-0.39, 0.29) is 25.1 Å². The molecule has 1 aliphatic heterocycles. The molecule has 0 radical (unpaired) electrons. The minimum absolute atomic E-state index is 0.0166. The summed E-state index contributed by atoms with van der Waals surface area (Å²) in [5, 5.41) is 8.19. The molecule has 31 heavy (non-hydrogen) atoms. The Kier molecular flexibility index (Phi) is 7.66. The lowest BCUT2D eigenvalue weighted by Crippen LogP contribution is -2.50. The van der Waals surface area contributed by atoms with Gasteiger partial charge in [-0.2, -0.15) is 9.97 Å². The summed E-state index contributed by atoms with van der Waals surface area (Å²) in [4.78, 5) is 30.8. The quantitative estimate of drug-likeness (QED) is 0.429. The molecule has 0 spiro atoms. The van der Waals surface area contributed by atoms with Gasteiger partial charge < -0.3 is 35.3 Å². The highest BCUT2D eigenvalue weighted by Gasteiger charge is 2.24. The van der Waals surface area contributed by atoms with E-state index >= 15 is 0 Å². The molecule has 0 saturated carbocycles. The predicted octanol–water partition coefficient (Wildman–Crippen LogP) is 1.98. The second kappa shape index (κ2) is 10.4. The Morgan fingerprint density at radius 3 is 2.52 bits per heavy atom. The van der Waals surface area contributed by atoms with Gasteiger partial charge in [0.15, 0.2) is 22.8 Å². The maximum absolute atomic E-state index is 12.4. The van der Waals surface area contributed by atoms with E-state index in [2.05, 4.69) is 24.8 Å². The first-order valence-electron chi connectivity index (χ1n) is 9.68. The summed E-state index contributed by atoms with van der Waals surface area (Å²) >= 11 is 11.0. The average Bonchev–Trinajstić information content (AvgIpc) is 3.13. The minimum atomic E-state index is -0.0667. The van der Waals surface area contributed by atoms with Crippen molar-refractivity contribution in [3.8, 4) is 5.75 Å². The van der Waals surface area contributed by atoms with Gasteiger partial charge in [0.25, 0.3) is 5.91 Å². The van der Waals surface area contributed by atoms with Crippen molar-refractivity contribution in [3.05, 3.63) is 34.1 Å². The van der Waals surface area contributed by atoms with Crippen molar-refractivity contribution in [2.45, 2.75) is 6.92 Å². The number of hydrogen-bond donors (Lipinski definition) is 4. The Morgan fingerprint density at radius 1 is 1.23 bits per heavy atom. The van der Waals surface area contributed by atoms with Gasteiger partial charge in [0.05, 0.1) is 0 Å². The van der Waals surface area contributed by atoms with E-state index in [4.69, 9.17) is 39.4 Å². The number of carbonyl (C=O) groups excluding carboxylic acids is 1. The minimum Gasteiger partial charge on any atom is -0.484 e. The number of nitrogens with one attached hydrogen (secondary N) is 2. The van der Waals surface area contributed by atoms with Crippen LogP contribution in [0.4, 0.5) is 11.8 Å². The third-order valence-corrected chi connectivity index (χ3v) is 4.94. The predicted molar refractivity (Wildman–Crippen MR) is 122 cm³/mol. The normalized spacial score (nSPS) is 13.6. The summed E-state index contributed by atoms with van der Waals surface area (Å²) in [5.74, 6) is 1.39. The molecule has 0 aliphatic carbocycles. The third kappa shape index (κ3) is 5.84. The fourth-order valence-electron chi connectivity index (χ4n) is 3.09. The van der Waals surface area contributed by atoms with E-state index in [0.29, 0.717) is 58.7 Å². The number of H-pyrrole nitrogens is 2. The van der Waals surface area contributed by atoms with Crippen molar-refractivity contribution in [1.29, 1.82) is 0 Å². The van der Waals surface area contributed by atoms with Gasteiger partial charge in [0.1, 0.15) is 11.3 Å². The van der Waals surface area contributed by atoms with Gasteiger partial charge in [-0.05, 0) is 43.4 Å². The highest BCUT2D eigenvalue weighted by Crippen LogP contribution is 2.23. The lowest BCUT2D eigenvalue weighted by Gasteiger charge is -2.35. The van der Waals surface area contributed by atoms with Crippen LogP contribution in [0.15, 0.2) is 24.3 Å². The summed E-state index contributed by atoms with van der Waals surface area (Å²) in [6, 6.07) is 6.92. The molecule has 0 bridgehead atoms. The smallest absolute Gasteiger partial charge is 0.260 e. The maximum atomic E-state index is 12.4. The number of aromatic nitrogens is 4. The van der Waals surface area contributed by atoms with Gasteiger partial charge in [-0.3, -0.25) is 4.79 Å². The van der Waals surface area contributed by atoms with Crippen LogP contribution < -0.4 is 15.4 Å². The number of halogens is 1. The van der Waals surface area contributed by atoms with Crippen molar-refractivity contribution >= 4 is 52.7 Å². The highest BCUT2D eigenvalue weighted by atomic mass is 35.5. The van der Waals surface area contributed by atoms with Gasteiger partial charge in [-0.1, -0.05) is 11.6 Å². The Morgan fingerprint density at radius 2 is 1.87 bits per heavy atom. The molecule has 1 saturated heterocycles. The van der Waals surface area contributed by atoms with Crippen LogP contribution >= 0.6 is 23.8 Å². The summed E-state index contributed by atoms with van der Waals surface area (Å²) in [7, 11) is 0. The molecular weight excluding hydrogens is 442 g/mol. The number of nitrogen functional groups attached to an aromatic ring is 1. The van der Waals surface area contributed by atoms with Gasteiger partial charge in [0.2, 0.25) is 5.95 Å². The number of aromatic amines is 2. The van der Waals surface area contributed by atoms with Crippen LogP contribution in [0.3, 0.4) is 0 Å². The molecule has 1 fully saturated rings. The van der Waals surface area contributed by atoms with Crippen LogP contribution in [0.5, 0.6) is 5.75 Å². The topological polar surface area (TPSA) is 136 Å². The number of nitrogens with zero attached hydrogens (tertiary/aromatic N) is 4. The summed E-state index contributed by atoms with van der Waals surface area (Å²) in [5.41, 5.74) is 7.10. The molecule has 3 aromatic rings. The van der Waals surface area contributed by atoms with Gasteiger partial charge in [0, 0.05) is 37.8 Å².